The number of benzene rings is 1. The van der Waals surface area contributed by atoms with Crippen LogP contribution in [0.5, 0.6) is 0 Å². The van der Waals surface area contributed by atoms with E-state index in [1.54, 1.807) is 24.8 Å². The van der Waals surface area contributed by atoms with Gasteiger partial charge in [0.1, 0.15) is 0 Å². The van der Waals surface area contributed by atoms with Crippen LogP contribution in [0.3, 0.4) is 0 Å². The van der Waals surface area contributed by atoms with Gasteiger partial charge in [-0.15, -0.1) is 23.5 Å². The van der Waals surface area contributed by atoms with Gasteiger partial charge in [0, 0.05) is 50.0 Å². The van der Waals surface area contributed by atoms with Crippen molar-refractivity contribution in [2.45, 2.75) is 30.3 Å². The molecule has 2 heterocycles. The van der Waals surface area contributed by atoms with Crippen molar-refractivity contribution in [2.24, 2.45) is 0 Å². The minimum absolute atomic E-state index is 0.568. The third-order valence-electron chi connectivity index (χ3n) is 4.07. The molecule has 6 heteroatoms. The quantitative estimate of drug-likeness (QED) is 0.446. The van der Waals surface area contributed by atoms with E-state index in [9.17, 15) is 0 Å². The molecular weight excluding hydrogens is 372 g/mol. The van der Waals surface area contributed by atoms with E-state index >= 15 is 0 Å². The highest BCUT2D eigenvalue weighted by molar-refractivity contribution is 8.17. The van der Waals surface area contributed by atoms with Gasteiger partial charge in [-0.1, -0.05) is 30.3 Å². The summed E-state index contributed by atoms with van der Waals surface area (Å²) in [7, 11) is 0. The van der Waals surface area contributed by atoms with E-state index in [1.165, 1.54) is 12.0 Å². The molecule has 27 heavy (non-hydrogen) atoms. The van der Waals surface area contributed by atoms with Crippen LogP contribution >= 0.6 is 23.5 Å². The molecule has 4 nitrogen and oxygen atoms in total. The Kier molecular flexibility index (Phi) is 8.61. The van der Waals surface area contributed by atoms with Crippen molar-refractivity contribution >= 4 is 23.5 Å². The average Bonchev–Trinajstić information content (AvgIpc) is 2.74. The van der Waals surface area contributed by atoms with Crippen molar-refractivity contribution in [3.63, 3.8) is 0 Å². The smallest absolute Gasteiger partial charge is 0.0594 e. The van der Waals surface area contributed by atoms with Gasteiger partial charge >= 0.3 is 0 Å². The standard InChI is InChI=1S/C21H24N4S2/c1-2-4-18(5-3-1)6-7-21(26-14-8-19-16-22-10-12-24-19)27-15-9-20-17-23-11-13-25-20/h1-5,10-13,16-17,21H,6-9,14-15H2. The molecule has 3 rings (SSSR count). The lowest BCUT2D eigenvalue weighted by Crippen LogP contribution is -2.05. The Morgan fingerprint density at radius 3 is 1.81 bits per heavy atom. The van der Waals surface area contributed by atoms with Gasteiger partial charge in [0.05, 0.1) is 16.0 Å². The van der Waals surface area contributed by atoms with Crippen molar-refractivity contribution < 1.29 is 0 Å². The van der Waals surface area contributed by atoms with Crippen LogP contribution in [0.15, 0.2) is 67.5 Å². The molecule has 0 unspecified atom stereocenters. The topological polar surface area (TPSA) is 51.6 Å². The molecule has 0 amide bonds. The predicted molar refractivity (Wildman–Crippen MR) is 115 cm³/mol. The summed E-state index contributed by atoms with van der Waals surface area (Å²) in [6.07, 6.45) is 14.9. The van der Waals surface area contributed by atoms with E-state index < -0.39 is 0 Å². The molecule has 140 valence electrons. The van der Waals surface area contributed by atoms with Crippen LogP contribution in [-0.2, 0) is 19.3 Å². The van der Waals surface area contributed by atoms with E-state index in [0.717, 1.165) is 42.2 Å². The fraction of sp³-hybridized carbons (Fsp3) is 0.333. The average molecular weight is 397 g/mol. The first kappa shape index (κ1) is 19.8. The maximum atomic E-state index is 4.37. The number of hydrogen-bond donors (Lipinski definition) is 0. The summed E-state index contributed by atoms with van der Waals surface area (Å²) in [5, 5.41) is 0. The minimum Gasteiger partial charge on any atom is -0.261 e. The van der Waals surface area contributed by atoms with E-state index in [4.69, 9.17) is 0 Å². The van der Waals surface area contributed by atoms with Crippen molar-refractivity contribution in [2.75, 3.05) is 11.5 Å². The summed E-state index contributed by atoms with van der Waals surface area (Å²) < 4.78 is 0.568. The van der Waals surface area contributed by atoms with E-state index in [1.807, 2.05) is 35.9 Å². The summed E-state index contributed by atoms with van der Waals surface area (Å²) in [5.74, 6) is 2.13. The molecule has 0 radical (unpaired) electrons. The summed E-state index contributed by atoms with van der Waals surface area (Å²) in [4.78, 5) is 17.0. The van der Waals surface area contributed by atoms with E-state index in [2.05, 4.69) is 50.3 Å². The maximum absolute atomic E-state index is 4.37. The van der Waals surface area contributed by atoms with Crippen molar-refractivity contribution in [3.05, 3.63) is 84.5 Å². The zero-order chi connectivity index (χ0) is 18.6. The number of hydrogen-bond acceptors (Lipinski definition) is 6. The van der Waals surface area contributed by atoms with Crippen molar-refractivity contribution in [1.82, 2.24) is 19.9 Å². The molecule has 0 aliphatic carbocycles. The van der Waals surface area contributed by atoms with Crippen LogP contribution < -0.4 is 0 Å². The van der Waals surface area contributed by atoms with Crippen LogP contribution in [0.2, 0.25) is 0 Å². The van der Waals surface area contributed by atoms with Gasteiger partial charge in [-0.3, -0.25) is 19.9 Å². The Labute approximate surface area is 169 Å². The van der Waals surface area contributed by atoms with Gasteiger partial charge in [-0.25, -0.2) is 0 Å². The lowest BCUT2D eigenvalue weighted by atomic mass is 10.1. The van der Waals surface area contributed by atoms with Gasteiger partial charge in [-0.05, 0) is 29.9 Å². The molecule has 1 aromatic carbocycles. The first-order valence-corrected chi connectivity index (χ1v) is 11.3. The Morgan fingerprint density at radius 2 is 1.30 bits per heavy atom. The van der Waals surface area contributed by atoms with E-state index in [-0.39, 0.29) is 0 Å². The molecular formula is C21H24N4S2. The summed E-state index contributed by atoms with van der Waals surface area (Å²) in [6, 6.07) is 10.7. The molecule has 0 atom stereocenters. The van der Waals surface area contributed by atoms with Gasteiger partial charge in [-0.2, -0.15) is 0 Å². The highest BCUT2D eigenvalue weighted by atomic mass is 32.2. The second kappa shape index (κ2) is 11.7. The number of aromatic nitrogens is 4. The largest absolute Gasteiger partial charge is 0.261 e. The van der Waals surface area contributed by atoms with Crippen LogP contribution in [0.25, 0.3) is 0 Å². The van der Waals surface area contributed by atoms with E-state index in [0.29, 0.717) is 4.58 Å². The molecule has 0 aliphatic rings. The van der Waals surface area contributed by atoms with Crippen LogP contribution in [0.4, 0.5) is 0 Å². The second-order valence-corrected chi connectivity index (χ2v) is 9.01. The fourth-order valence-electron chi connectivity index (χ4n) is 2.65. The molecule has 3 aromatic rings. The van der Waals surface area contributed by atoms with Gasteiger partial charge < -0.3 is 0 Å². The van der Waals surface area contributed by atoms with Crippen molar-refractivity contribution in [3.8, 4) is 0 Å². The zero-order valence-corrected chi connectivity index (χ0v) is 16.9. The van der Waals surface area contributed by atoms with Gasteiger partial charge in [0.25, 0.3) is 0 Å². The molecule has 0 bridgehead atoms. The number of aryl methyl sites for hydroxylation is 3. The summed E-state index contributed by atoms with van der Waals surface area (Å²) in [6.45, 7) is 0. The van der Waals surface area contributed by atoms with Crippen LogP contribution in [-0.4, -0.2) is 36.0 Å². The summed E-state index contributed by atoms with van der Waals surface area (Å²) in [5.41, 5.74) is 3.54. The highest BCUT2D eigenvalue weighted by Crippen LogP contribution is 2.29. The maximum Gasteiger partial charge on any atom is 0.0594 e. The Morgan fingerprint density at radius 1 is 0.704 bits per heavy atom. The Bertz CT molecular complexity index is 711. The number of thioether (sulfide) groups is 2. The molecule has 0 saturated carbocycles. The molecule has 0 N–H and O–H groups in total. The predicted octanol–water partition coefficient (Wildman–Crippen LogP) is 4.48. The number of nitrogens with zero attached hydrogens (tertiary/aromatic N) is 4. The lowest BCUT2D eigenvalue weighted by molar-refractivity contribution is 0.898. The second-order valence-electron chi connectivity index (χ2n) is 6.09. The molecule has 0 saturated heterocycles. The van der Waals surface area contributed by atoms with Crippen LogP contribution in [0.1, 0.15) is 23.4 Å². The first-order chi connectivity index (χ1) is 13.4. The van der Waals surface area contributed by atoms with Gasteiger partial charge in [0.15, 0.2) is 0 Å². The van der Waals surface area contributed by atoms with Gasteiger partial charge in [0.2, 0.25) is 0 Å². The Hall–Kier alpha value is -1.92. The molecule has 0 aliphatic heterocycles. The number of rotatable bonds is 11. The highest BCUT2D eigenvalue weighted by Gasteiger charge is 2.11. The zero-order valence-electron chi connectivity index (χ0n) is 15.3. The molecule has 2 aromatic heterocycles. The third kappa shape index (κ3) is 7.69. The SMILES string of the molecule is c1ccc(CCC(SCCc2cnccn2)SCCc2cnccn2)cc1. The molecule has 0 spiro atoms. The first-order valence-electron chi connectivity index (χ1n) is 9.17. The minimum atomic E-state index is 0.568. The monoisotopic (exact) mass is 396 g/mol. The molecule has 0 fully saturated rings. The Balaban J connectivity index is 1.47. The summed E-state index contributed by atoms with van der Waals surface area (Å²) >= 11 is 4.06. The third-order valence-corrected chi connectivity index (χ3v) is 6.98. The fourth-order valence-corrected chi connectivity index (χ4v) is 5.36. The lowest BCUT2D eigenvalue weighted by Gasteiger charge is -2.16. The van der Waals surface area contributed by atoms with Crippen LogP contribution in [0, 0.1) is 0 Å². The van der Waals surface area contributed by atoms with Crippen molar-refractivity contribution in [1.29, 1.82) is 0 Å². The normalized spacial score (nSPS) is 11.0.